The van der Waals surface area contributed by atoms with Gasteiger partial charge >= 0.3 is 0 Å². The highest BCUT2D eigenvalue weighted by Gasteiger charge is 2.10. The van der Waals surface area contributed by atoms with Gasteiger partial charge in [0.2, 0.25) is 0 Å². The number of hydrogen-bond acceptors (Lipinski definition) is 5. The number of nitrogens with two attached hydrogens (primary N) is 1. The number of carbonyl (C=O) groups is 1. The van der Waals surface area contributed by atoms with Crippen LogP contribution in [0.4, 0.5) is 0 Å². The molecule has 0 aliphatic rings. The molecule has 2 aromatic heterocycles. The molecule has 100 valence electrons. The second-order valence-corrected chi connectivity index (χ2v) is 5.28. The van der Waals surface area contributed by atoms with Gasteiger partial charge in [-0.1, -0.05) is 11.6 Å². The molecule has 2 rings (SSSR count). The summed E-state index contributed by atoms with van der Waals surface area (Å²) in [7, 11) is 0. The minimum Gasteiger partial charge on any atom is -0.489 e. The van der Waals surface area contributed by atoms with Crippen LogP contribution in [-0.2, 0) is 0 Å². The van der Waals surface area contributed by atoms with Gasteiger partial charge in [0.1, 0.15) is 6.61 Å². The Morgan fingerprint density at radius 3 is 2.79 bits per heavy atom. The van der Waals surface area contributed by atoms with Gasteiger partial charge in [-0.15, -0.1) is 11.3 Å². The Hall–Kier alpha value is -1.43. The Balaban J connectivity index is 2.25. The van der Waals surface area contributed by atoms with Crippen LogP contribution in [0.3, 0.4) is 0 Å². The van der Waals surface area contributed by atoms with Gasteiger partial charge in [0.05, 0.1) is 15.4 Å². The van der Waals surface area contributed by atoms with Crippen LogP contribution in [0, 0.1) is 0 Å². The Labute approximate surface area is 120 Å². The molecule has 2 N–H and O–H groups in total. The first-order valence-corrected chi connectivity index (χ1v) is 6.92. The lowest BCUT2D eigenvalue weighted by molar-refractivity contribution is 0.102. The molecule has 0 bridgehead atoms. The Bertz CT molecular complexity index is 598. The number of pyridine rings is 1. The maximum Gasteiger partial charge on any atom is 0.171 e. The zero-order valence-electron chi connectivity index (χ0n) is 10.4. The lowest BCUT2D eigenvalue weighted by atomic mass is 10.3. The molecule has 0 fully saturated rings. The Morgan fingerprint density at radius 1 is 1.42 bits per heavy atom. The van der Waals surface area contributed by atoms with Crippen molar-refractivity contribution in [1.29, 1.82) is 0 Å². The normalized spacial score (nSPS) is 10.5. The van der Waals surface area contributed by atoms with Crippen molar-refractivity contribution in [3.63, 3.8) is 0 Å². The van der Waals surface area contributed by atoms with E-state index in [1.54, 1.807) is 19.1 Å². The third-order valence-corrected chi connectivity index (χ3v) is 3.87. The molecule has 0 aliphatic heterocycles. The van der Waals surface area contributed by atoms with Gasteiger partial charge in [-0.05, 0) is 31.2 Å². The highest BCUT2D eigenvalue weighted by Crippen LogP contribution is 2.31. The van der Waals surface area contributed by atoms with Crippen molar-refractivity contribution in [3.05, 3.63) is 34.3 Å². The molecule has 0 unspecified atom stereocenters. The van der Waals surface area contributed by atoms with Gasteiger partial charge in [0.25, 0.3) is 0 Å². The van der Waals surface area contributed by atoms with Crippen LogP contribution in [0.25, 0.3) is 10.6 Å². The monoisotopic (exact) mass is 296 g/mol. The summed E-state index contributed by atoms with van der Waals surface area (Å²) < 4.78 is 5.35. The van der Waals surface area contributed by atoms with E-state index in [1.807, 2.05) is 12.1 Å². The molecule has 4 nitrogen and oxygen atoms in total. The summed E-state index contributed by atoms with van der Waals surface area (Å²) >= 11 is 7.44. The van der Waals surface area contributed by atoms with Crippen LogP contribution in [0.15, 0.2) is 24.3 Å². The van der Waals surface area contributed by atoms with E-state index in [4.69, 9.17) is 22.1 Å². The number of Topliss-reactive ketones (excluding diaryl/α,β-unsaturated/α-hetero) is 1. The topological polar surface area (TPSA) is 65.2 Å². The van der Waals surface area contributed by atoms with Crippen LogP contribution in [0.2, 0.25) is 5.15 Å². The first-order chi connectivity index (χ1) is 9.11. The fourth-order valence-electron chi connectivity index (χ4n) is 1.50. The summed E-state index contributed by atoms with van der Waals surface area (Å²) in [6.07, 6.45) is 0. The Kier molecular flexibility index (Phi) is 4.52. The number of nitrogens with zero attached hydrogens (tertiary/aromatic N) is 1. The first-order valence-electron chi connectivity index (χ1n) is 5.72. The van der Waals surface area contributed by atoms with Crippen molar-refractivity contribution >= 4 is 28.7 Å². The zero-order chi connectivity index (χ0) is 13.8. The average Bonchev–Trinajstić information content (AvgIpc) is 2.87. The largest absolute Gasteiger partial charge is 0.489 e. The van der Waals surface area contributed by atoms with Crippen molar-refractivity contribution in [2.75, 3.05) is 13.2 Å². The highest BCUT2D eigenvalue weighted by molar-refractivity contribution is 7.17. The molecule has 0 aromatic carbocycles. The SMILES string of the molecule is CC(=O)c1ccc(-c2ccc(OCCN)c(Cl)n2)s1. The zero-order valence-corrected chi connectivity index (χ0v) is 11.9. The molecular weight excluding hydrogens is 284 g/mol. The number of rotatable bonds is 5. The molecule has 0 atom stereocenters. The predicted octanol–water partition coefficient (Wildman–Crippen LogP) is 3.00. The van der Waals surface area contributed by atoms with E-state index in [2.05, 4.69) is 4.98 Å². The fourth-order valence-corrected chi connectivity index (χ4v) is 2.58. The molecule has 19 heavy (non-hydrogen) atoms. The summed E-state index contributed by atoms with van der Waals surface area (Å²) in [6, 6.07) is 7.22. The maximum atomic E-state index is 11.3. The number of halogens is 1. The number of aromatic nitrogens is 1. The predicted molar refractivity (Wildman–Crippen MR) is 77.1 cm³/mol. The van der Waals surface area contributed by atoms with E-state index in [-0.39, 0.29) is 5.78 Å². The van der Waals surface area contributed by atoms with Crippen LogP contribution in [0.1, 0.15) is 16.6 Å². The van der Waals surface area contributed by atoms with Gasteiger partial charge in [-0.2, -0.15) is 0 Å². The second kappa shape index (κ2) is 6.14. The van der Waals surface area contributed by atoms with E-state index in [0.29, 0.717) is 28.9 Å². The van der Waals surface area contributed by atoms with Crippen molar-refractivity contribution in [2.45, 2.75) is 6.92 Å². The number of ketones is 1. The van der Waals surface area contributed by atoms with Gasteiger partial charge < -0.3 is 10.5 Å². The van der Waals surface area contributed by atoms with Crippen LogP contribution in [-0.4, -0.2) is 23.9 Å². The molecule has 2 aromatic rings. The highest BCUT2D eigenvalue weighted by atomic mass is 35.5. The number of carbonyl (C=O) groups excluding carboxylic acids is 1. The average molecular weight is 297 g/mol. The lowest BCUT2D eigenvalue weighted by Crippen LogP contribution is -2.10. The molecule has 0 saturated carbocycles. The standard InChI is InChI=1S/C13H13ClN2O2S/c1-8(17)11-4-5-12(19-11)9-2-3-10(13(14)16-9)18-7-6-15/h2-5H,6-7,15H2,1H3. The molecule has 0 saturated heterocycles. The van der Waals surface area contributed by atoms with E-state index in [9.17, 15) is 4.79 Å². The minimum atomic E-state index is 0.0465. The second-order valence-electron chi connectivity index (χ2n) is 3.84. The minimum absolute atomic E-state index is 0.0465. The summed E-state index contributed by atoms with van der Waals surface area (Å²) in [5.74, 6) is 0.560. The van der Waals surface area contributed by atoms with Crippen molar-refractivity contribution in [3.8, 4) is 16.3 Å². The van der Waals surface area contributed by atoms with Crippen LogP contribution >= 0.6 is 22.9 Å². The summed E-state index contributed by atoms with van der Waals surface area (Å²) in [5.41, 5.74) is 6.08. The molecule has 0 spiro atoms. The van der Waals surface area contributed by atoms with E-state index in [0.717, 1.165) is 10.6 Å². The van der Waals surface area contributed by atoms with Gasteiger partial charge in [0.15, 0.2) is 16.7 Å². The molecule has 0 aliphatic carbocycles. The summed E-state index contributed by atoms with van der Waals surface area (Å²) in [6.45, 7) is 2.36. The first kappa shape index (κ1) is 14.0. The summed E-state index contributed by atoms with van der Waals surface area (Å²) in [4.78, 5) is 17.1. The van der Waals surface area contributed by atoms with Crippen molar-refractivity contribution in [1.82, 2.24) is 4.98 Å². The maximum absolute atomic E-state index is 11.3. The number of ether oxygens (including phenoxy) is 1. The summed E-state index contributed by atoms with van der Waals surface area (Å²) in [5, 5.41) is 0.295. The lowest BCUT2D eigenvalue weighted by Gasteiger charge is -2.06. The van der Waals surface area contributed by atoms with Crippen molar-refractivity contribution in [2.24, 2.45) is 5.73 Å². The molecule has 0 amide bonds. The van der Waals surface area contributed by atoms with Gasteiger partial charge in [-0.3, -0.25) is 4.79 Å². The number of hydrogen-bond donors (Lipinski definition) is 1. The molecule has 0 radical (unpaired) electrons. The van der Waals surface area contributed by atoms with Crippen LogP contribution in [0.5, 0.6) is 5.75 Å². The van der Waals surface area contributed by atoms with E-state index >= 15 is 0 Å². The van der Waals surface area contributed by atoms with E-state index < -0.39 is 0 Å². The third kappa shape index (κ3) is 3.32. The molecule has 6 heteroatoms. The van der Waals surface area contributed by atoms with Crippen LogP contribution < -0.4 is 10.5 Å². The van der Waals surface area contributed by atoms with E-state index in [1.165, 1.54) is 11.3 Å². The number of thiophene rings is 1. The van der Waals surface area contributed by atoms with Gasteiger partial charge in [-0.25, -0.2) is 4.98 Å². The molecular formula is C13H13ClN2O2S. The fraction of sp³-hybridized carbons (Fsp3) is 0.231. The quantitative estimate of drug-likeness (QED) is 0.680. The van der Waals surface area contributed by atoms with Gasteiger partial charge in [0, 0.05) is 6.54 Å². The smallest absolute Gasteiger partial charge is 0.171 e. The third-order valence-electron chi connectivity index (χ3n) is 2.40. The molecule has 2 heterocycles. The van der Waals surface area contributed by atoms with Crippen molar-refractivity contribution < 1.29 is 9.53 Å². The Morgan fingerprint density at radius 2 is 2.21 bits per heavy atom.